The third-order valence-electron chi connectivity index (χ3n) is 4.92. The number of pyridine rings is 1. The predicted molar refractivity (Wildman–Crippen MR) is 118 cm³/mol. The van der Waals surface area contributed by atoms with E-state index in [2.05, 4.69) is 16.9 Å². The van der Waals surface area contributed by atoms with Crippen molar-refractivity contribution in [3.05, 3.63) is 82.8 Å². The van der Waals surface area contributed by atoms with Crippen LogP contribution in [0.5, 0.6) is 0 Å². The lowest BCUT2D eigenvalue weighted by atomic mass is 10.2. The predicted octanol–water partition coefficient (Wildman–Crippen LogP) is 4.73. The van der Waals surface area contributed by atoms with Gasteiger partial charge in [-0.2, -0.15) is 0 Å². The Morgan fingerprint density at radius 3 is 2.47 bits per heavy atom. The first-order valence-electron chi connectivity index (χ1n) is 9.22. The Morgan fingerprint density at radius 1 is 1.20 bits per heavy atom. The van der Waals surface area contributed by atoms with E-state index in [0.717, 1.165) is 5.56 Å². The van der Waals surface area contributed by atoms with Gasteiger partial charge in [-0.1, -0.05) is 35.4 Å². The fourth-order valence-corrected chi connectivity index (χ4v) is 5.11. The molecule has 1 N–H and O–H groups in total. The SMILES string of the molecule is C=CCn1c(C)c(C)c(S(=O)(=O)c2ccc(C)cc2)c1NC(=O)c1cccnc1Cl. The van der Waals surface area contributed by atoms with Crippen LogP contribution in [0.25, 0.3) is 0 Å². The van der Waals surface area contributed by atoms with Gasteiger partial charge >= 0.3 is 0 Å². The molecular weight excluding hydrogens is 422 g/mol. The molecule has 3 aromatic rings. The second-order valence-corrected chi connectivity index (χ2v) is 9.14. The number of sulfone groups is 1. The first-order chi connectivity index (χ1) is 14.2. The molecule has 0 radical (unpaired) electrons. The number of nitrogens with one attached hydrogen (secondary N) is 1. The van der Waals surface area contributed by atoms with Gasteiger partial charge in [0.2, 0.25) is 9.84 Å². The average Bonchev–Trinajstić information content (AvgIpc) is 2.93. The molecule has 0 bridgehead atoms. The molecule has 6 nitrogen and oxygen atoms in total. The molecule has 1 amide bonds. The van der Waals surface area contributed by atoms with Crippen molar-refractivity contribution in [3.8, 4) is 0 Å². The molecule has 0 spiro atoms. The van der Waals surface area contributed by atoms with E-state index in [1.165, 1.54) is 12.3 Å². The molecule has 0 unspecified atom stereocenters. The number of nitrogens with zero attached hydrogens (tertiary/aromatic N) is 2. The Kier molecular flexibility index (Phi) is 6.14. The van der Waals surface area contributed by atoms with Crippen LogP contribution in [0.3, 0.4) is 0 Å². The molecule has 3 rings (SSSR count). The number of hydrogen-bond donors (Lipinski definition) is 1. The van der Waals surface area contributed by atoms with Gasteiger partial charge in [0.05, 0.1) is 10.5 Å². The van der Waals surface area contributed by atoms with Gasteiger partial charge in [0.15, 0.2) is 0 Å². The molecule has 2 aromatic heterocycles. The number of rotatable bonds is 6. The number of halogens is 1. The summed E-state index contributed by atoms with van der Waals surface area (Å²) in [6.45, 7) is 9.49. The van der Waals surface area contributed by atoms with E-state index in [4.69, 9.17) is 11.6 Å². The van der Waals surface area contributed by atoms with Gasteiger partial charge in [-0.15, -0.1) is 6.58 Å². The Labute approximate surface area is 181 Å². The van der Waals surface area contributed by atoms with Gasteiger partial charge < -0.3 is 9.88 Å². The molecule has 0 aliphatic carbocycles. The number of benzene rings is 1. The van der Waals surface area contributed by atoms with Crippen LogP contribution in [0.1, 0.15) is 27.2 Å². The number of hydrogen-bond acceptors (Lipinski definition) is 4. The fraction of sp³-hybridized carbons (Fsp3) is 0.182. The van der Waals surface area contributed by atoms with Crippen LogP contribution in [0, 0.1) is 20.8 Å². The average molecular weight is 444 g/mol. The standard InChI is InChI=1S/C22H22ClN3O3S/c1-5-13-26-16(4)15(3)19(30(28,29)17-10-8-14(2)9-11-17)21(26)25-22(27)18-7-6-12-24-20(18)23/h5-12H,1,13H2,2-4H3,(H,25,27). The molecule has 0 aliphatic rings. The molecular formula is C22H22ClN3O3S. The van der Waals surface area contributed by atoms with Crippen LogP contribution in [0.4, 0.5) is 5.82 Å². The van der Waals surface area contributed by atoms with Crippen molar-refractivity contribution in [2.75, 3.05) is 5.32 Å². The molecule has 0 saturated heterocycles. The fourth-order valence-electron chi connectivity index (χ4n) is 3.21. The molecule has 156 valence electrons. The lowest BCUT2D eigenvalue weighted by Crippen LogP contribution is -2.18. The summed E-state index contributed by atoms with van der Waals surface area (Å²) in [6.07, 6.45) is 3.11. The number of aromatic nitrogens is 2. The maximum atomic E-state index is 13.5. The van der Waals surface area contributed by atoms with Gasteiger partial charge in [-0.25, -0.2) is 13.4 Å². The van der Waals surface area contributed by atoms with Crippen molar-refractivity contribution in [3.63, 3.8) is 0 Å². The summed E-state index contributed by atoms with van der Waals surface area (Å²) in [5.41, 5.74) is 2.38. The van der Waals surface area contributed by atoms with Gasteiger partial charge in [-0.05, 0) is 50.6 Å². The second-order valence-electron chi connectivity index (χ2n) is 6.90. The molecule has 2 heterocycles. The number of aryl methyl sites for hydroxylation is 1. The third-order valence-corrected chi connectivity index (χ3v) is 7.15. The van der Waals surface area contributed by atoms with Gasteiger partial charge in [0.1, 0.15) is 15.9 Å². The summed E-state index contributed by atoms with van der Waals surface area (Å²) in [6, 6.07) is 9.72. The third kappa shape index (κ3) is 3.91. The monoisotopic (exact) mass is 443 g/mol. The first-order valence-corrected chi connectivity index (χ1v) is 11.1. The Morgan fingerprint density at radius 2 is 1.87 bits per heavy atom. The van der Waals surface area contributed by atoms with E-state index < -0.39 is 15.7 Å². The van der Waals surface area contributed by atoms with Crippen LogP contribution in [-0.2, 0) is 16.4 Å². The number of anilines is 1. The van der Waals surface area contributed by atoms with Crippen LogP contribution in [0.2, 0.25) is 5.15 Å². The van der Waals surface area contributed by atoms with E-state index in [1.807, 2.05) is 6.92 Å². The van der Waals surface area contributed by atoms with Crippen LogP contribution >= 0.6 is 11.6 Å². The lowest BCUT2D eigenvalue weighted by Gasteiger charge is -2.13. The van der Waals surface area contributed by atoms with Crippen molar-refractivity contribution < 1.29 is 13.2 Å². The van der Waals surface area contributed by atoms with Crippen LogP contribution in [-0.4, -0.2) is 23.9 Å². The summed E-state index contributed by atoms with van der Waals surface area (Å²) < 4.78 is 28.7. The summed E-state index contributed by atoms with van der Waals surface area (Å²) >= 11 is 6.05. The minimum Gasteiger partial charge on any atom is -0.327 e. The van der Waals surface area contributed by atoms with Crippen LogP contribution in [0.15, 0.2) is 65.0 Å². The molecule has 0 aliphatic heterocycles. The van der Waals surface area contributed by atoms with E-state index in [1.54, 1.807) is 54.8 Å². The highest BCUT2D eigenvalue weighted by molar-refractivity contribution is 7.91. The maximum Gasteiger partial charge on any atom is 0.259 e. The van der Waals surface area contributed by atoms with Crippen molar-refractivity contribution in [2.24, 2.45) is 0 Å². The lowest BCUT2D eigenvalue weighted by molar-refractivity contribution is 0.102. The first kappa shape index (κ1) is 21.8. The Hall–Kier alpha value is -2.90. The zero-order valence-electron chi connectivity index (χ0n) is 16.9. The summed E-state index contributed by atoms with van der Waals surface area (Å²) in [4.78, 5) is 17.0. The van der Waals surface area contributed by atoms with Crippen LogP contribution < -0.4 is 5.32 Å². The van der Waals surface area contributed by atoms with Crippen molar-refractivity contribution >= 4 is 33.2 Å². The highest BCUT2D eigenvalue weighted by Gasteiger charge is 2.30. The van der Waals surface area contributed by atoms with Gasteiger partial charge in [0.25, 0.3) is 5.91 Å². The van der Waals surface area contributed by atoms with Gasteiger partial charge in [0, 0.05) is 18.4 Å². The molecule has 0 saturated carbocycles. The summed E-state index contributed by atoms with van der Waals surface area (Å²) in [5.74, 6) is -0.369. The maximum absolute atomic E-state index is 13.5. The zero-order valence-corrected chi connectivity index (χ0v) is 18.5. The number of amides is 1. The summed E-state index contributed by atoms with van der Waals surface area (Å²) in [5, 5.41) is 2.78. The highest BCUT2D eigenvalue weighted by Crippen LogP contribution is 2.36. The molecule has 30 heavy (non-hydrogen) atoms. The number of allylic oxidation sites excluding steroid dienone is 1. The van der Waals surface area contributed by atoms with E-state index >= 15 is 0 Å². The van der Waals surface area contributed by atoms with Crippen molar-refractivity contribution in [1.82, 2.24) is 9.55 Å². The molecule has 1 aromatic carbocycles. The molecule has 8 heteroatoms. The Bertz CT molecular complexity index is 1230. The van der Waals surface area contributed by atoms with Gasteiger partial charge in [-0.3, -0.25) is 4.79 Å². The largest absolute Gasteiger partial charge is 0.327 e. The highest BCUT2D eigenvalue weighted by atomic mass is 35.5. The smallest absolute Gasteiger partial charge is 0.259 e. The number of carbonyl (C=O) groups is 1. The quantitative estimate of drug-likeness (QED) is 0.441. The number of carbonyl (C=O) groups excluding carboxylic acids is 1. The van der Waals surface area contributed by atoms with E-state index in [9.17, 15) is 13.2 Å². The molecule has 0 fully saturated rings. The normalized spacial score (nSPS) is 11.3. The minimum absolute atomic E-state index is 0.0354. The second kappa shape index (κ2) is 8.45. The Balaban J connectivity index is 2.20. The zero-order chi connectivity index (χ0) is 22.1. The topological polar surface area (TPSA) is 81.1 Å². The van der Waals surface area contributed by atoms with Crippen molar-refractivity contribution in [2.45, 2.75) is 37.1 Å². The minimum atomic E-state index is -3.89. The van der Waals surface area contributed by atoms with Crippen molar-refractivity contribution in [1.29, 1.82) is 0 Å². The van der Waals surface area contributed by atoms with E-state index in [0.29, 0.717) is 17.8 Å². The molecule has 0 atom stereocenters. The summed E-state index contributed by atoms with van der Waals surface area (Å²) in [7, 11) is -3.89. The van der Waals surface area contributed by atoms with E-state index in [-0.39, 0.29) is 26.3 Å².